The van der Waals surface area contributed by atoms with Crippen molar-refractivity contribution in [3.8, 4) is 0 Å². The highest BCUT2D eigenvalue weighted by atomic mass is 32.2. The fraction of sp³-hybridized carbons (Fsp3) is 0.538. The Balaban J connectivity index is 2.24. The molecule has 2 unspecified atom stereocenters. The maximum atomic E-state index is 2.34. The summed E-state index contributed by atoms with van der Waals surface area (Å²) in [5.74, 6) is 0. The maximum Gasteiger partial charge on any atom is 0.0760 e. The van der Waals surface area contributed by atoms with Gasteiger partial charge in [-0.15, -0.1) is 23.5 Å². The van der Waals surface area contributed by atoms with Crippen LogP contribution in [0.2, 0.25) is 0 Å². The Morgan fingerprint density at radius 1 is 1.00 bits per heavy atom. The van der Waals surface area contributed by atoms with Crippen molar-refractivity contribution in [3.05, 3.63) is 34.9 Å². The van der Waals surface area contributed by atoms with Gasteiger partial charge in [-0.25, -0.2) is 0 Å². The van der Waals surface area contributed by atoms with Gasteiger partial charge in [0, 0.05) is 10.5 Å². The van der Waals surface area contributed by atoms with Gasteiger partial charge in [0.1, 0.15) is 0 Å². The molecule has 1 saturated heterocycles. The second-order valence-corrected chi connectivity index (χ2v) is 7.65. The molecule has 0 aromatic heterocycles. The van der Waals surface area contributed by atoms with E-state index in [9.17, 15) is 0 Å². The summed E-state index contributed by atoms with van der Waals surface area (Å²) in [4.78, 5) is 0. The summed E-state index contributed by atoms with van der Waals surface area (Å²) in [7, 11) is 0. The molecule has 1 aliphatic heterocycles. The van der Waals surface area contributed by atoms with Crippen LogP contribution in [0, 0.1) is 13.8 Å². The van der Waals surface area contributed by atoms with Crippen molar-refractivity contribution in [1.29, 1.82) is 0 Å². The molecule has 2 heteroatoms. The van der Waals surface area contributed by atoms with E-state index in [-0.39, 0.29) is 0 Å². The molecule has 82 valence electrons. The molecule has 1 aromatic rings. The number of rotatable bonds is 1. The van der Waals surface area contributed by atoms with E-state index in [4.69, 9.17) is 0 Å². The summed E-state index contributed by atoms with van der Waals surface area (Å²) in [6, 6.07) is 6.83. The van der Waals surface area contributed by atoms with Crippen molar-refractivity contribution in [2.45, 2.75) is 42.8 Å². The van der Waals surface area contributed by atoms with Crippen LogP contribution in [0.1, 0.15) is 35.1 Å². The van der Waals surface area contributed by atoms with Crippen LogP contribution in [-0.4, -0.2) is 10.5 Å². The van der Waals surface area contributed by atoms with Crippen molar-refractivity contribution >= 4 is 23.5 Å². The number of benzene rings is 1. The summed E-state index contributed by atoms with van der Waals surface area (Å²) in [5.41, 5.74) is 4.33. The lowest BCUT2D eigenvalue weighted by atomic mass is 10.1. The van der Waals surface area contributed by atoms with Crippen LogP contribution in [-0.2, 0) is 0 Å². The van der Waals surface area contributed by atoms with Gasteiger partial charge in [-0.05, 0) is 25.0 Å². The molecule has 1 heterocycles. The van der Waals surface area contributed by atoms with Gasteiger partial charge < -0.3 is 0 Å². The predicted molar refractivity (Wildman–Crippen MR) is 72.8 cm³/mol. The van der Waals surface area contributed by atoms with Crippen LogP contribution in [0.3, 0.4) is 0 Å². The first-order chi connectivity index (χ1) is 7.08. The molecule has 1 aliphatic rings. The van der Waals surface area contributed by atoms with E-state index < -0.39 is 0 Å². The average molecular weight is 238 g/mol. The third-order valence-corrected chi connectivity index (χ3v) is 6.53. The van der Waals surface area contributed by atoms with Gasteiger partial charge >= 0.3 is 0 Å². The minimum Gasteiger partial charge on any atom is -0.138 e. The number of hydrogen-bond donors (Lipinski definition) is 0. The lowest BCUT2D eigenvalue weighted by molar-refractivity contribution is 0.941. The van der Waals surface area contributed by atoms with Crippen molar-refractivity contribution < 1.29 is 0 Å². The molecular formula is C13H18S2. The predicted octanol–water partition coefficient (Wildman–Crippen LogP) is 4.56. The fourth-order valence-corrected chi connectivity index (χ4v) is 5.62. The first-order valence-corrected chi connectivity index (χ1v) is 7.34. The number of hydrogen-bond acceptors (Lipinski definition) is 2. The summed E-state index contributed by atoms with van der Waals surface area (Å²) >= 11 is 4.22. The first kappa shape index (κ1) is 11.4. The van der Waals surface area contributed by atoms with Crippen LogP contribution < -0.4 is 0 Å². The molecule has 1 aromatic carbocycles. The Labute approximate surface area is 101 Å². The second-order valence-electron chi connectivity index (χ2n) is 4.37. The van der Waals surface area contributed by atoms with Crippen molar-refractivity contribution in [3.63, 3.8) is 0 Å². The monoisotopic (exact) mass is 238 g/mol. The van der Waals surface area contributed by atoms with Crippen molar-refractivity contribution in [1.82, 2.24) is 0 Å². The highest BCUT2D eigenvalue weighted by Gasteiger charge is 2.31. The van der Waals surface area contributed by atoms with Gasteiger partial charge in [0.05, 0.1) is 4.58 Å². The van der Waals surface area contributed by atoms with E-state index in [1.807, 2.05) is 0 Å². The SMILES string of the molecule is Cc1ccc(C2SC(C)C(C)S2)c(C)c1. The number of aryl methyl sites for hydroxylation is 2. The lowest BCUT2D eigenvalue weighted by Crippen LogP contribution is -2.04. The molecule has 0 aliphatic carbocycles. The molecule has 0 amide bonds. The van der Waals surface area contributed by atoms with Crippen LogP contribution >= 0.6 is 23.5 Å². The minimum absolute atomic E-state index is 0.649. The van der Waals surface area contributed by atoms with E-state index in [1.165, 1.54) is 16.7 Å². The van der Waals surface area contributed by atoms with Gasteiger partial charge in [0.2, 0.25) is 0 Å². The Bertz CT molecular complexity index is 350. The average Bonchev–Trinajstić information content (AvgIpc) is 2.46. The maximum absolute atomic E-state index is 2.34. The molecule has 1 fully saturated rings. The van der Waals surface area contributed by atoms with E-state index >= 15 is 0 Å². The van der Waals surface area contributed by atoms with Gasteiger partial charge in [-0.3, -0.25) is 0 Å². The zero-order valence-corrected chi connectivity index (χ0v) is 11.4. The Kier molecular flexibility index (Phi) is 3.36. The van der Waals surface area contributed by atoms with Crippen LogP contribution in [0.25, 0.3) is 0 Å². The van der Waals surface area contributed by atoms with Gasteiger partial charge in [0.25, 0.3) is 0 Å². The van der Waals surface area contributed by atoms with Crippen LogP contribution in [0.4, 0.5) is 0 Å². The standard InChI is InChI=1S/C13H18S2/c1-8-5-6-12(9(2)7-8)13-14-10(3)11(4)15-13/h5-7,10-11,13H,1-4H3. The zero-order valence-electron chi connectivity index (χ0n) is 9.78. The smallest absolute Gasteiger partial charge is 0.0760 e. The molecule has 0 N–H and O–H groups in total. The molecule has 15 heavy (non-hydrogen) atoms. The largest absolute Gasteiger partial charge is 0.138 e. The Morgan fingerprint density at radius 3 is 2.13 bits per heavy atom. The van der Waals surface area contributed by atoms with E-state index in [0.717, 1.165) is 10.5 Å². The van der Waals surface area contributed by atoms with Gasteiger partial charge in [0.15, 0.2) is 0 Å². The Hall–Kier alpha value is -0.0800. The topological polar surface area (TPSA) is 0 Å². The molecular weight excluding hydrogens is 220 g/mol. The van der Waals surface area contributed by atoms with Crippen LogP contribution in [0.15, 0.2) is 18.2 Å². The molecule has 0 nitrogen and oxygen atoms in total. The van der Waals surface area contributed by atoms with Gasteiger partial charge in [-0.1, -0.05) is 37.6 Å². The normalized spacial score (nSPS) is 30.8. The van der Waals surface area contributed by atoms with E-state index in [2.05, 4.69) is 69.4 Å². The molecule has 0 bridgehead atoms. The van der Waals surface area contributed by atoms with E-state index in [0.29, 0.717) is 4.58 Å². The summed E-state index contributed by atoms with van der Waals surface area (Å²) < 4.78 is 0.649. The Morgan fingerprint density at radius 2 is 1.60 bits per heavy atom. The minimum atomic E-state index is 0.649. The number of thioether (sulfide) groups is 2. The quantitative estimate of drug-likeness (QED) is 0.703. The second kappa shape index (κ2) is 4.42. The molecule has 2 atom stereocenters. The highest BCUT2D eigenvalue weighted by Crippen LogP contribution is 2.53. The summed E-state index contributed by atoms with van der Waals surface area (Å²) in [6.45, 7) is 9.08. The lowest BCUT2D eigenvalue weighted by Gasteiger charge is -2.12. The fourth-order valence-electron chi connectivity index (χ4n) is 1.88. The van der Waals surface area contributed by atoms with Crippen LogP contribution in [0.5, 0.6) is 0 Å². The first-order valence-electron chi connectivity index (χ1n) is 5.46. The third kappa shape index (κ3) is 2.36. The molecule has 0 saturated carbocycles. The van der Waals surface area contributed by atoms with Crippen molar-refractivity contribution in [2.24, 2.45) is 0 Å². The zero-order chi connectivity index (χ0) is 11.0. The van der Waals surface area contributed by atoms with Gasteiger partial charge in [-0.2, -0.15) is 0 Å². The third-order valence-electron chi connectivity index (χ3n) is 3.02. The van der Waals surface area contributed by atoms with Crippen molar-refractivity contribution in [2.75, 3.05) is 0 Å². The van der Waals surface area contributed by atoms with E-state index in [1.54, 1.807) is 0 Å². The highest BCUT2D eigenvalue weighted by molar-refractivity contribution is 8.20. The summed E-state index contributed by atoms with van der Waals surface area (Å²) in [5, 5.41) is 1.56. The molecule has 0 radical (unpaired) electrons. The molecule has 0 spiro atoms. The molecule has 2 rings (SSSR count). The summed E-state index contributed by atoms with van der Waals surface area (Å²) in [6.07, 6.45) is 0.